The van der Waals surface area contributed by atoms with Crippen LogP contribution >= 0.6 is 34.8 Å². The number of nitrogens with two attached hydrogens (primary N) is 2. The zero-order valence-corrected chi connectivity index (χ0v) is 13.1. The summed E-state index contributed by atoms with van der Waals surface area (Å²) in [6.07, 6.45) is 2.19. The fourth-order valence-corrected chi connectivity index (χ4v) is 2.06. The van der Waals surface area contributed by atoms with Crippen LogP contribution in [0.2, 0.25) is 0 Å². The molecule has 0 unspecified atom stereocenters. The second-order valence-corrected chi connectivity index (χ2v) is 6.27. The zero-order chi connectivity index (χ0) is 15.9. The molecule has 0 saturated heterocycles. The summed E-state index contributed by atoms with van der Waals surface area (Å²) in [7, 11) is 0. The lowest BCUT2D eigenvalue weighted by Crippen LogP contribution is -2.25. The third-order valence-electron chi connectivity index (χ3n) is 2.68. The normalized spacial score (nSPS) is 14.0. The van der Waals surface area contributed by atoms with Crippen molar-refractivity contribution in [2.24, 2.45) is 32.4 Å². The average Bonchev–Trinajstić information content (AvgIpc) is 2.89. The van der Waals surface area contributed by atoms with Gasteiger partial charge in [0.1, 0.15) is 0 Å². The first-order valence-corrected chi connectivity index (χ1v) is 6.97. The molecule has 0 spiro atoms. The fraction of sp³-hybridized carbons (Fsp3) is 0.500. The number of ketones is 1. The molecule has 0 saturated carbocycles. The van der Waals surface area contributed by atoms with Gasteiger partial charge in [-0.3, -0.25) is 4.79 Å². The second kappa shape index (κ2) is 8.16. The summed E-state index contributed by atoms with van der Waals surface area (Å²) in [5, 5.41) is 13.8. The van der Waals surface area contributed by atoms with Crippen LogP contribution in [-0.4, -0.2) is 27.2 Å². The Bertz CT molecular complexity index is 523. The van der Waals surface area contributed by atoms with Gasteiger partial charge in [0.15, 0.2) is 0 Å². The Hall–Kier alpha value is -1.38. The summed E-state index contributed by atoms with van der Waals surface area (Å²) in [5.41, 5.74) is 0.247. The Labute approximate surface area is 136 Å². The van der Waals surface area contributed by atoms with Crippen molar-refractivity contribution < 1.29 is 4.79 Å². The van der Waals surface area contributed by atoms with Gasteiger partial charge in [-0.2, -0.15) is 10.2 Å². The molecule has 8 nitrogen and oxygen atoms in total. The molecule has 4 N–H and O–H groups in total. The highest BCUT2D eigenvalue weighted by atomic mass is 35.6. The Morgan fingerprint density at radius 3 is 2.52 bits per heavy atom. The van der Waals surface area contributed by atoms with Crippen molar-refractivity contribution in [2.45, 2.75) is 16.3 Å². The maximum absolute atomic E-state index is 12.1. The van der Waals surface area contributed by atoms with Crippen LogP contribution in [0.1, 0.15) is 23.0 Å². The van der Waals surface area contributed by atoms with Crippen LogP contribution in [0.5, 0.6) is 0 Å². The van der Waals surface area contributed by atoms with Gasteiger partial charge in [-0.25, -0.2) is 0 Å². The highest BCUT2D eigenvalue weighted by Crippen LogP contribution is 2.31. The quantitative estimate of drug-likeness (QED) is 0.257. The molecule has 0 aliphatic carbocycles. The van der Waals surface area contributed by atoms with Gasteiger partial charge in [0.25, 0.3) is 3.79 Å². The molecule has 1 heterocycles. The smallest absolute Gasteiger partial charge is 0.255 e. The highest BCUT2D eigenvalue weighted by Gasteiger charge is 2.34. The van der Waals surface area contributed by atoms with E-state index in [2.05, 4.69) is 20.7 Å². The lowest BCUT2D eigenvalue weighted by atomic mass is 10.2. The minimum Gasteiger partial charge on any atom is -0.340 e. The van der Waals surface area contributed by atoms with Crippen LogP contribution < -0.4 is 11.7 Å². The second-order valence-electron chi connectivity index (χ2n) is 3.99. The summed E-state index contributed by atoms with van der Waals surface area (Å²) in [5.74, 6) is 9.33. The Balaban J connectivity index is 3.02. The number of halogens is 3. The zero-order valence-electron chi connectivity index (χ0n) is 10.9. The van der Waals surface area contributed by atoms with Crippen molar-refractivity contribution in [3.05, 3.63) is 24.0 Å². The first kappa shape index (κ1) is 17.7. The molecule has 11 heteroatoms. The topological polar surface area (TPSA) is 123 Å². The monoisotopic (exact) mass is 353 g/mol. The minimum absolute atomic E-state index is 0.241. The number of carbonyl (C=O) groups excluding carboxylic acids is 1. The SMILES string of the molecule is NN=NCC[C@@H](CN=NN)n1cccc1C(=O)C(Cl)(Cl)Cl. The molecule has 21 heavy (non-hydrogen) atoms. The summed E-state index contributed by atoms with van der Waals surface area (Å²) in [6.45, 7) is 0.590. The van der Waals surface area contributed by atoms with E-state index in [0.717, 1.165) is 0 Å². The summed E-state index contributed by atoms with van der Waals surface area (Å²) < 4.78 is -0.391. The van der Waals surface area contributed by atoms with Crippen LogP contribution in [0.3, 0.4) is 0 Å². The van der Waals surface area contributed by atoms with Gasteiger partial charge in [-0.15, -0.1) is 0 Å². The van der Waals surface area contributed by atoms with Gasteiger partial charge in [-0.1, -0.05) is 45.2 Å². The molecule has 116 valence electrons. The number of alkyl halides is 3. The van der Waals surface area contributed by atoms with Crippen LogP contribution in [0.25, 0.3) is 0 Å². The maximum Gasteiger partial charge on any atom is 0.255 e. The van der Waals surface area contributed by atoms with E-state index in [1.165, 1.54) is 0 Å². The molecule has 1 aromatic rings. The molecule has 1 aromatic heterocycles. The molecule has 0 aliphatic rings. The molecule has 0 amide bonds. The Kier molecular flexibility index (Phi) is 6.86. The number of carbonyl (C=O) groups is 1. The van der Waals surface area contributed by atoms with Gasteiger partial charge in [0.05, 0.1) is 24.8 Å². The van der Waals surface area contributed by atoms with E-state index in [1.54, 1.807) is 22.9 Å². The number of Topliss-reactive ketones (excluding diaryl/α,β-unsaturated/α-hetero) is 1. The molecule has 0 radical (unpaired) electrons. The first-order valence-electron chi connectivity index (χ1n) is 5.83. The number of aromatic nitrogens is 1. The van der Waals surface area contributed by atoms with Crippen molar-refractivity contribution in [3.8, 4) is 0 Å². The predicted octanol–water partition coefficient (Wildman–Crippen LogP) is 2.62. The summed E-state index contributed by atoms with van der Waals surface area (Å²) in [6, 6.07) is 2.98. The van der Waals surface area contributed by atoms with E-state index in [-0.39, 0.29) is 18.3 Å². The fourth-order valence-electron chi connectivity index (χ4n) is 1.77. The van der Waals surface area contributed by atoms with E-state index in [0.29, 0.717) is 13.0 Å². The summed E-state index contributed by atoms with van der Waals surface area (Å²) in [4.78, 5) is 12.1. The van der Waals surface area contributed by atoms with E-state index in [9.17, 15) is 4.79 Å². The lowest BCUT2D eigenvalue weighted by Gasteiger charge is -2.20. The molecule has 1 rings (SSSR count). The average molecular weight is 355 g/mol. The van der Waals surface area contributed by atoms with Crippen LogP contribution in [-0.2, 0) is 0 Å². The minimum atomic E-state index is -2.03. The highest BCUT2D eigenvalue weighted by molar-refractivity contribution is 6.77. The molecular formula is C10H14Cl3N7O. The van der Waals surface area contributed by atoms with Crippen LogP contribution in [0.15, 0.2) is 39.0 Å². The predicted molar refractivity (Wildman–Crippen MR) is 80.5 cm³/mol. The third-order valence-corrected chi connectivity index (χ3v) is 3.20. The van der Waals surface area contributed by atoms with Crippen LogP contribution in [0, 0.1) is 0 Å². The van der Waals surface area contributed by atoms with E-state index >= 15 is 0 Å². The number of hydrogen-bond acceptors (Lipinski definition) is 5. The molecule has 0 aromatic carbocycles. The number of nitrogens with zero attached hydrogens (tertiary/aromatic N) is 5. The van der Waals surface area contributed by atoms with Gasteiger partial charge >= 0.3 is 0 Å². The van der Waals surface area contributed by atoms with Crippen LogP contribution in [0.4, 0.5) is 0 Å². The van der Waals surface area contributed by atoms with Gasteiger partial charge in [-0.05, 0) is 18.6 Å². The number of rotatable bonds is 7. The van der Waals surface area contributed by atoms with Gasteiger partial charge in [0.2, 0.25) is 5.78 Å². The third kappa shape index (κ3) is 5.14. The largest absolute Gasteiger partial charge is 0.340 e. The summed E-state index contributed by atoms with van der Waals surface area (Å²) >= 11 is 16.9. The maximum atomic E-state index is 12.1. The Morgan fingerprint density at radius 1 is 1.29 bits per heavy atom. The molecule has 0 aliphatic heterocycles. The lowest BCUT2D eigenvalue weighted by molar-refractivity contribution is 0.0985. The standard InChI is InChI=1S/C10H14Cl3N7O/c11-10(12,13)9(21)8-2-1-5-20(8)7(6-17-19-15)3-4-16-18-14/h1-2,5,7H,3-4,6H2,(H2,14,16)(H2,15,17)/t7-/m0/s1. The van der Waals surface area contributed by atoms with Crippen molar-refractivity contribution in [1.82, 2.24) is 4.57 Å². The van der Waals surface area contributed by atoms with E-state index < -0.39 is 9.58 Å². The van der Waals surface area contributed by atoms with E-state index in [4.69, 9.17) is 46.5 Å². The van der Waals surface area contributed by atoms with Gasteiger partial charge < -0.3 is 16.3 Å². The van der Waals surface area contributed by atoms with Crippen molar-refractivity contribution in [1.29, 1.82) is 0 Å². The van der Waals surface area contributed by atoms with Crippen molar-refractivity contribution >= 4 is 40.6 Å². The first-order chi connectivity index (χ1) is 9.91. The molecule has 0 bridgehead atoms. The van der Waals surface area contributed by atoms with E-state index in [1.807, 2.05) is 0 Å². The van der Waals surface area contributed by atoms with Crippen molar-refractivity contribution in [3.63, 3.8) is 0 Å². The van der Waals surface area contributed by atoms with Crippen molar-refractivity contribution in [2.75, 3.05) is 13.1 Å². The molecule has 1 atom stereocenters. The molecular weight excluding hydrogens is 341 g/mol. The molecule has 0 fully saturated rings. The Morgan fingerprint density at radius 2 is 1.95 bits per heavy atom. The number of hydrogen-bond donors (Lipinski definition) is 2. The van der Waals surface area contributed by atoms with Gasteiger partial charge in [0, 0.05) is 6.20 Å².